The van der Waals surface area contributed by atoms with Crippen molar-refractivity contribution in [3.63, 3.8) is 0 Å². The number of rotatable bonds is 2. The summed E-state index contributed by atoms with van der Waals surface area (Å²) < 4.78 is 0. The Morgan fingerprint density at radius 3 is 2.21 bits per heavy atom. The molecule has 19 heavy (non-hydrogen) atoms. The molecule has 0 spiro atoms. The fourth-order valence-electron chi connectivity index (χ4n) is 2.34. The number of aliphatic hydroxyl groups excluding tert-OH is 1. The van der Waals surface area contributed by atoms with Crippen molar-refractivity contribution in [1.29, 1.82) is 0 Å². The summed E-state index contributed by atoms with van der Waals surface area (Å²) in [6.45, 7) is 7.30. The van der Waals surface area contributed by atoms with E-state index in [9.17, 15) is 14.7 Å². The minimum Gasteiger partial charge on any atom is -0.502 e. The number of carbonyl (C=O) groups is 2. The highest BCUT2D eigenvalue weighted by molar-refractivity contribution is 6.35. The first kappa shape index (κ1) is 13.3. The Bertz CT molecular complexity index is 599. The molecule has 1 aliphatic heterocycles. The average Bonchev–Trinajstić information content (AvgIpc) is 2.52. The zero-order chi connectivity index (χ0) is 14.3. The minimum absolute atomic E-state index is 0.108. The molecule has 0 unspecified atom stereocenters. The largest absolute Gasteiger partial charge is 0.502 e. The van der Waals surface area contributed by atoms with E-state index in [1.54, 1.807) is 19.9 Å². The summed E-state index contributed by atoms with van der Waals surface area (Å²) in [6, 6.07) is 5.28. The average molecular weight is 259 g/mol. The third-order valence-corrected chi connectivity index (χ3v) is 3.26. The Morgan fingerprint density at radius 2 is 1.74 bits per heavy atom. The van der Waals surface area contributed by atoms with Crippen LogP contribution in [0.3, 0.4) is 0 Å². The van der Waals surface area contributed by atoms with Crippen molar-refractivity contribution in [3.8, 4) is 0 Å². The van der Waals surface area contributed by atoms with Crippen molar-refractivity contribution in [2.24, 2.45) is 0 Å². The molecule has 4 nitrogen and oxygen atoms in total. The Morgan fingerprint density at radius 1 is 1.11 bits per heavy atom. The lowest BCUT2D eigenvalue weighted by atomic mass is 9.98. The fourth-order valence-corrected chi connectivity index (χ4v) is 2.34. The van der Waals surface area contributed by atoms with Crippen LogP contribution in [0.4, 0.5) is 0 Å². The van der Waals surface area contributed by atoms with Crippen LogP contribution in [0.1, 0.15) is 30.5 Å². The maximum atomic E-state index is 12.3. The molecule has 1 aromatic rings. The van der Waals surface area contributed by atoms with Gasteiger partial charge in [-0.05, 0) is 38.8 Å². The Balaban J connectivity index is 2.56. The standard InChI is InChI=1S/C15H17NO3/c1-8(2)16-14(18)12(13(17)15(16)19)11-6-5-9(3)7-10(11)4/h5-8,17H,1-4H3. The number of aliphatic hydroxyl groups is 1. The summed E-state index contributed by atoms with van der Waals surface area (Å²) >= 11 is 0. The van der Waals surface area contributed by atoms with E-state index in [2.05, 4.69) is 0 Å². The normalized spacial score (nSPS) is 15.9. The lowest BCUT2D eigenvalue weighted by molar-refractivity contribution is -0.139. The summed E-state index contributed by atoms with van der Waals surface area (Å²) in [5.74, 6) is -1.50. The van der Waals surface area contributed by atoms with Crippen molar-refractivity contribution >= 4 is 17.4 Å². The van der Waals surface area contributed by atoms with Gasteiger partial charge in [0.1, 0.15) is 0 Å². The zero-order valence-corrected chi connectivity index (χ0v) is 11.5. The molecule has 2 amide bonds. The maximum absolute atomic E-state index is 12.3. The van der Waals surface area contributed by atoms with Gasteiger partial charge in [-0.15, -0.1) is 0 Å². The van der Waals surface area contributed by atoms with Crippen LogP contribution in [0.25, 0.3) is 5.57 Å². The molecule has 0 bridgehead atoms. The molecule has 1 heterocycles. The van der Waals surface area contributed by atoms with Gasteiger partial charge in [0.2, 0.25) is 0 Å². The van der Waals surface area contributed by atoms with Gasteiger partial charge >= 0.3 is 0 Å². The molecule has 0 saturated carbocycles. The second-order valence-electron chi connectivity index (χ2n) is 5.12. The molecule has 0 atom stereocenters. The van der Waals surface area contributed by atoms with E-state index in [0.717, 1.165) is 16.0 Å². The molecule has 0 radical (unpaired) electrons. The van der Waals surface area contributed by atoms with Crippen molar-refractivity contribution in [1.82, 2.24) is 4.90 Å². The van der Waals surface area contributed by atoms with Gasteiger partial charge < -0.3 is 5.11 Å². The SMILES string of the molecule is Cc1ccc(C2=C(O)C(=O)N(C(C)C)C2=O)c(C)c1. The van der Waals surface area contributed by atoms with Crippen LogP contribution in [-0.2, 0) is 9.59 Å². The molecule has 2 rings (SSSR count). The predicted molar refractivity (Wildman–Crippen MR) is 72.5 cm³/mol. The first-order chi connectivity index (χ1) is 8.84. The number of hydrogen-bond acceptors (Lipinski definition) is 3. The van der Waals surface area contributed by atoms with E-state index in [0.29, 0.717) is 5.56 Å². The highest BCUT2D eigenvalue weighted by Crippen LogP contribution is 2.31. The van der Waals surface area contributed by atoms with Crippen molar-refractivity contribution < 1.29 is 14.7 Å². The molecule has 0 saturated heterocycles. The first-order valence-electron chi connectivity index (χ1n) is 6.23. The van der Waals surface area contributed by atoms with E-state index in [1.807, 2.05) is 26.0 Å². The molecule has 4 heteroatoms. The summed E-state index contributed by atoms with van der Waals surface area (Å²) in [7, 11) is 0. The smallest absolute Gasteiger partial charge is 0.296 e. The monoisotopic (exact) mass is 259 g/mol. The Labute approximate surface area is 112 Å². The second-order valence-corrected chi connectivity index (χ2v) is 5.12. The highest BCUT2D eigenvalue weighted by Gasteiger charge is 2.40. The predicted octanol–water partition coefficient (Wildman–Crippen LogP) is 2.35. The van der Waals surface area contributed by atoms with E-state index in [-0.39, 0.29) is 11.6 Å². The van der Waals surface area contributed by atoms with Gasteiger partial charge in [0.25, 0.3) is 11.8 Å². The van der Waals surface area contributed by atoms with Gasteiger partial charge in [-0.25, -0.2) is 0 Å². The van der Waals surface area contributed by atoms with Crippen molar-refractivity contribution in [2.45, 2.75) is 33.7 Å². The maximum Gasteiger partial charge on any atom is 0.296 e. The van der Waals surface area contributed by atoms with Crippen molar-refractivity contribution in [3.05, 3.63) is 40.6 Å². The second kappa shape index (κ2) is 4.53. The number of aryl methyl sites for hydroxylation is 2. The van der Waals surface area contributed by atoms with Gasteiger partial charge in [-0.1, -0.05) is 23.8 Å². The molecule has 0 fully saturated rings. The van der Waals surface area contributed by atoms with Gasteiger partial charge in [0, 0.05) is 6.04 Å². The number of carbonyl (C=O) groups excluding carboxylic acids is 2. The van der Waals surface area contributed by atoms with Crippen LogP contribution >= 0.6 is 0 Å². The molecular formula is C15H17NO3. The quantitative estimate of drug-likeness (QED) is 0.829. The molecule has 1 aromatic carbocycles. The van der Waals surface area contributed by atoms with Crippen LogP contribution in [-0.4, -0.2) is 27.9 Å². The van der Waals surface area contributed by atoms with Gasteiger partial charge in [-0.2, -0.15) is 0 Å². The lowest BCUT2D eigenvalue weighted by Crippen LogP contribution is -2.37. The van der Waals surface area contributed by atoms with E-state index in [1.165, 1.54) is 0 Å². The number of nitrogens with zero attached hydrogens (tertiary/aromatic N) is 1. The minimum atomic E-state index is -0.616. The zero-order valence-electron chi connectivity index (χ0n) is 11.5. The molecular weight excluding hydrogens is 242 g/mol. The van der Waals surface area contributed by atoms with Crippen LogP contribution in [0.5, 0.6) is 0 Å². The molecule has 100 valence electrons. The Hall–Kier alpha value is -2.10. The first-order valence-corrected chi connectivity index (χ1v) is 6.23. The molecule has 0 aromatic heterocycles. The van der Waals surface area contributed by atoms with Crippen LogP contribution in [0.2, 0.25) is 0 Å². The number of benzene rings is 1. The van der Waals surface area contributed by atoms with Crippen molar-refractivity contribution in [2.75, 3.05) is 0 Å². The summed E-state index contributed by atoms with van der Waals surface area (Å²) in [6.07, 6.45) is 0. The molecule has 1 aliphatic rings. The van der Waals surface area contributed by atoms with E-state index in [4.69, 9.17) is 0 Å². The van der Waals surface area contributed by atoms with E-state index < -0.39 is 17.6 Å². The van der Waals surface area contributed by atoms with Crippen LogP contribution < -0.4 is 0 Å². The molecule has 0 aliphatic carbocycles. The van der Waals surface area contributed by atoms with Crippen LogP contribution in [0.15, 0.2) is 24.0 Å². The Kier molecular flexibility index (Phi) is 3.18. The molecule has 1 N–H and O–H groups in total. The van der Waals surface area contributed by atoms with Gasteiger partial charge in [-0.3, -0.25) is 14.5 Å². The third-order valence-electron chi connectivity index (χ3n) is 3.26. The van der Waals surface area contributed by atoms with Gasteiger partial charge in [0.15, 0.2) is 5.76 Å². The summed E-state index contributed by atoms with van der Waals surface area (Å²) in [5, 5.41) is 9.96. The fraction of sp³-hybridized carbons (Fsp3) is 0.333. The third kappa shape index (κ3) is 2.03. The topological polar surface area (TPSA) is 57.6 Å². The lowest BCUT2D eigenvalue weighted by Gasteiger charge is -2.18. The summed E-state index contributed by atoms with van der Waals surface area (Å²) in [5.41, 5.74) is 2.66. The number of amides is 2. The highest BCUT2D eigenvalue weighted by atomic mass is 16.3. The van der Waals surface area contributed by atoms with Crippen LogP contribution in [0, 0.1) is 13.8 Å². The van der Waals surface area contributed by atoms with Gasteiger partial charge in [0.05, 0.1) is 5.57 Å². The van der Waals surface area contributed by atoms with E-state index >= 15 is 0 Å². The summed E-state index contributed by atoms with van der Waals surface area (Å²) in [4.78, 5) is 25.3. The number of hydrogen-bond donors (Lipinski definition) is 1. The number of imide groups is 1.